The second kappa shape index (κ2) is 16.8. The molecule has 2 unspecified atom stereocenters. The van der Waals surface area contributed by atoms with Crippen molar-refractivity contribution < 1.29 is 29.9 Å². The van der Waals surface area contributed by atoms with Gasteiger partial charge in [0.1, 0.15) is 11.9 Å². The van der Waals surface area contributed by atoms with Crippen LogP contribution < -0.4 is 16.1 Å². The van der Waals surface area contributed by atoms with Gasteiger partial charge < -0.3 is 34.6 Å². The van der Waals surface area contributed by atoms with Crippen molar-refractivity contribution >= 4 is 37.5 Å². The molecule has 1 aromatic carbocycles. The van der Waals surface area contributed by atoms with E-state index in [2.05, 4.69) is 66.7 Å². The number of hydrogen-bond acceptors (Lipinski definition) is 10. The van der Waals surface area contributed by atoms with Gasteiger partial charge in [0.25, 0.3) is 19.6 Å². The summed E-state index contributed by atoms with van der Waals surface area (Å²) in [6, 6.07) is 9.58. The Morgan fingerprint density at radius 3 is 2.62 bits per heavy atom. The summed E-state index contributed by atoms with van der Waals surface area (Å²) in [4.78, 5) is 13.5. The Kier molecular flexibility index (Phi) is 12.8. The molecular formula is C27H42N5O6PS. The first-order valence-electron chi connectivity index (χ1n) is 13.9. The monoisotopic (exact) mass is 598 g/mol. The second-order valence-electron chi connectivity index (χ2n) is 9.19. The number of ether oxygens (including phenoxy) is 2. The zero-order valence-electron chi connectivity index (χ0n) is 25.6. The third-order valence-corrected chi connectivity index (χ3v) is 7.83. The van der Waals surface area contributed by atoms with Crippen LogP contribution in [-0.4, -0.2) is 77.5 Å². The Bertz CT molecular complexity index is 1050. The van der Waals surface area contributed by atoms with Crippen LogP contribution in [0, 0.1) is 0 Å². The summed E-state index contributed by atoms with van der Waals surface area (Å²) in [6.07, 6.45) is 1.58. The zero-order valence-corrected chi connectivity index (χ0v) is 25.3. The fourth-order valence-electron chi connectivity index (χ4n) is 4.05. The molecule has 3 rings (SSSR count). The van der Waals surface area contributed by atoms with Gasteiger partial charge in [0.2, 0.25) is 1.43 Å². The van der Waals surface area contributed by atoms with Gasteiger partial charge in [-0.1, -0.05) is 30.9 Å². The van der Waals surface area contributed by atoms with Gasteiger partial charge in [-0.3, -0.25) is 4.79 Å². The van der Waals surface area contributed by atoms with Gasteiger partial charge in [0.15, 0.2) is 12.3 Å². The number of carbonyl (C=O) groups is 1. The first-order valence-corrected chi connectivity index (χ1v) is 14.3. The number of aliphatic hydroxyl groups excluding tert-OH is 1. The molecule has 2 heterocycles. The number of nitrogens with zero attached hydrogens (tertiary/aromatic N) is 2. The van der Waals surface area contributed by atoms with Gasteiger partial charge >= 0.3 is 0 Å². The topological polar surface area (TPSA) is 117 Å². The minimum atomic E-state index is -1.67. The molecule has 13 heteroatoms. The molecular weight excluding hydrogens is 553 g/mol. The van der Waals surface area contributed by atoms with E-state index in [0.717, 1.165) is 5.69 Å². The fraction of sp³-hybridized carbons (Fsp3) is 0.481. The maximum absolute atomic E-state index is 11.9. The highest BCUT2D eigenvalue weighted by molar-refractivity contribution is 7.80. The van der Waals surface area contributed by atoms with E-state index in [1.54, 1.807) is 17.2 Å². The van der Waals surface area contributed by atoms with Crippen molar-refractivity contribution in [1.29, 1.82) is 1.43 Å². The van der Waals surface area contributed by atoms with Crippen LogP contribution in [0.2, 0.25) is 0 Å². The lowest BCUT2D eigenvalue weighted by molar-refractivity contribution is -0.118. The van der Waals surface area contributed by atoms with Crippen LogP contribution in [0.4, 0.5) is 5.69 Å². The van der Waals surface area contributed by atoms with Crippen molar-refractivity contribution in [2.45, 2.75) is 71.2 Å². The lowest BCUT2D eigenvalue weighted by Gasteiger charge is -2.38. The normalized spacial score (nSPS) is 23.8. The molecule has 0 aliphatic carbocycles. The maximum atomic E-state index is 11.9. The van der Waals surface area contributed by atoms with Crippen molar-refractivity contribution in [3.05, 3.63) is 67.7 Å². The quantitative estimate of drug-likeness (QED) is 0.0921. The van der Waals surface area contributed by atoms with E-state index in [1.807, 2.05) is 30.3 Å². The number of carbonyl (C=O) groups excluding carboxylic acids is 1. The molecule has 4 N–H and O–H groups in total. The highest BCUT2D eigenvalue weighted by Gasteiger charge is 2.51. The van der Waals surface area contributed by atoms with Crippen LogP contribution in [0.5, 0.6) is 0 Å². The molecule has 11 nitrogen and oxygen atoms in total. The number of anilines is 1. The largest absolute Gasteiger partial charge is 0.460 e. The van der Waals surface area contributed by atoms with E-state index in [9.17, 15) is 4.79 Å². The number of rotatable bonds is 12. The van der Waals surface area contributed by atoms with E-state index < -0.39 is 33.1 Å². The number of benzene rings is 1. The van der Waals surface area contributed by atoms with E-state index in [-0.39, 0.29) is 30.1 Å². The van der Waals surface area contributed by atoms with E-state index in [0.29, 0.717) is 12.4 Å². The molecule has 40 heavy (non-hydrogen) atoms. The van der Waals surface area contributed by atoms with Crippen molar-refractivity contribution in [3.8, 4) is 0 Å². The molecule has 2 aliphatic rings. The van der Waals surface area contributed by atoms with Crippen LogP contribution in [0.3, 0.4) is 0 Å². The minimum absolute atomic E-state index is 0.0921. The Balaban J connectivity index is 0.00000197. The third kappa shape index (κ3) is 9.32. The number of hydroxylamine groups is 1. The molecule has 0 bridgehead atoms. The molecule has 0 aromatic heterocycles. The molecule has 1 fully saturated rings. The van der Waals surface area contributed by atoms with Gasteiger partial charge in [0, 0.05) is 45.1 Å². The van der Waals surface area contributed by atoms with Crippen molar-refractivity contribution in [2.24, 2.45) is 0 Å². The molecule has 1 aromatic rings. The van der Waals surface area contributed by atoms with Crippen LogP contribution in [0.25, 0.3) is 0 Å². The van der Waals surface area contributed by atoms with Crippen LogP contribution in [-0.2, 0) is 23.4 Å². The van der Waals surface area contributed by atoms with E-state index in [4.69, 9.17) is 33.6 Å². The molecule has 0 radical (unpaired) electrons. The number of amides is 1. The van der Waals surface area contributed by atoms with Crippen molar-refractivity contribution in [3.63, 3.8) is 0 Å². The standard InChI is InChI=1S/C26H38N5O5PS.CH4O/c1-8-15-27-36-37(31(17(2)3)18(4)5)35-23-19(6)33-25(30-16-14-22(32)28-20(30)7)24(23)34-26(38)29-21-12-10-9-11-13-21;1-2/h8-14,16-19,23-25,27H,1,7,15H2,2-6H3,(H,28,32)(H,29,38);2H,1H3/t19-,23+,24?,25-,37?;/m1./s1/i6D;2T. The minimum Gasteiger partial charge on any atom is -0.460 e. The number of hydrogen-bond donors (Lipinski definition) is 4. The number of para-hydroxylation sites is 1. The van der Waals surface area contributed by atoms with E-state index in [1.165, 1.54) is 13.2 Å². The maximum Gasteiger partial charge on any atom is 0.277 e. The number of thiocarbonyl (C=S) groups is 1. The van der Waals surface area contributed by atoms with Gasteiger partial charge in [0.05, 0.1) is 6.10 Å². The SMILES string of the molecule is [2H]C[C@H]1O[C@@H](N2C=CC(=O)NC2=C)C(OC(=S)Nc2ccccc2)[C@H]1OP(ONCC=C)N(C(C)C)C(C)C.[3H]OC. The highest BCUT2D eigenvalue weighted by Crippen LogP contribution is 2.49. The van der Waals surface area contributed by atoms with Crippen molar-refractivity contribution in [1.82, 2.24) is 20.4 Å². The van der Waals surface area contributed by atoms with Gasteiger partial charge in [-0.2, -0.15) is 5.48 Å². The van der Waals surface area contributed by atoms with E-state index >= 15 is 0 Å². The second-order valence-corrected chi connectivity index (χ2v) is 10.9. The number of aliphatic hydroxyl groups is 1. The summed E-state index contributed by atoms with van der Waals surface area (Å²) in [5, 5.41) is 9.36. The average molecular weight is 599 g/mol. The Morgan fingerprint density at radius 1 is 1.38 bits per heavy atom. The summed E-state index contributed by atoms with van der Waals surface area (Å²) < 4.78 is 41.3. The Labute approximate surface area is 247 Å². The zero-order chi connectivity index (χ0) is 31.2. The van der Waals surface area contributed by atoms with Gasteiger partial charge in [-0.25, -0.2) is 9.29 Å². The summed E-state index contributed by atoms with van der Waals surface area (Å²) in [7, 11) is -0.382. The third-order valence-electron chi connectivity index (χ3n) is 5.62. The molecule has 0 saturated carbocycles. The lowest BCUT2D eigenvalue weighted by Crippen LogP contribution is -2.49. The van der Waals surface area contributed by atoms with Gasteiger partial charge in [-0.05, 0) is 58.9 Å². The van der Waals surface area contributed by atoms with Crippen LogP contribution >= 0.6 is 20.7 Å². The lowest BCUT2D eigenvalue weighted by atomic mass is 10.1. The fourth-order valence-corrected chi connectivity index (χ4v) is 5.93. The first-order chi connectivity index (χ1) is 20.1. The smallest absolute Gasteiger partial charge is 0.277 e. The Hall–Kier alpha value is -2.41. The first kappa shape index (κ1) is 30.5. The average Bonchev–Trinajstić information content (AvgIpc) is 3.25. The molecule has 222 valence electrons. The highest BCUT2D eigenvalue weighted by atomic mass is 32.1. The summed E-state index contributed by atoms with van der Waals surface area (Å²) in [6.45, 7) is 16.2. The van der Waals surface area contributed by atoms with Crippen LogP contribution in [0.15, 0.2) is 67.7 Å². The molecule has 1 saturated heterocycles. The summed E-state index contributed by atoms with van der Waals surface area (Å²) in [5.41, 5.74) is 3.66. The predicted octanol–water partition coefficient (Wildman–Crippen LogP) is 3.98. The Morgan fingerprint density at radius 2 is 2.05 bits per heavy atom. The van der Waals surface area contributed by atoms with Gasteiger partial charge in [-0.15, -0.1) is 6.58 Å². The molecule has 1 amide bonds. The van der Waals surface area contributed by atoms with Crippen molar-refractivity contribution in [2.75, 3.05) is 19.0 Å². The molecule has 0 spiro atoms. The number of nitrogens with one attached hydrogen (secondary N) is 3. The predicted molar refractivity (Wildman–Crippen MR) is 161 cm³/mol. The summed E-state index contributed by atoms with van der Waals surface area (Å²) in [5.74, 6) is 0.0112. The molecule has 2 aliphatic heterocycles. The molecule has 5 atom stereocenters. The summed E-state index contributed by atoms with van der Waals surface area (Å²) >= 11 is 5.56. The van der Waals surface area contributed by atoms with Crippen LogP contribution in [0.1, 0.15) is 36.0 Å².